The first kappa shape index (κ1) is 12.6. The monoisotopic (exact) mass is 225 g/mol. The van der Waals surface area contributed by atoms with Crippen LogP contribution in [0.15, 0.2) is 0 Å². The summed E-state index contributed by atoms with van der Waals surface area (Å²) in [5.41, 5.74) is 0. The van der Waals surface area contributed by atoms with Gasteiger partial charge in [-0.05, 0) is 6.92 Å². The minimum Gasteiger partial charge on any atom is -0.299 e. The number of rotatable bonds is 4. The summed E-state index contributed by atoms with van der Waals surface area (Å²) in [5.74, 6) is 5.08. The van der Waals surface area contributed by atoms with Crippen LogP contribution in [0.3, 0.4) is 0 Å². The summed E-state index contributed by atoms with van der Waals surface area (Å²) in [5, 5.41) is 0. The molecule has 0 N–H and O–H groups in total. The Morgan fingerprint density at radius 1 is 1.60 bits per heavy atom. The van der Waals surface area contributed by atoms with Crippen molar-refractivity contribution in [2.45, 2.75) is 26.3 Å². The molecule has 0 radical (unpaired) electrons. The topological polar surface area (TPSA) is 20.3 Å². The van der Waals surface area contributed by atoms with Gasteiger partial charge in [0.1, 0.15) is 5.78 Å². The van der Waals surface area contributed by atoms with Crippen LogP contribution in [0.25, 0.3) is 0 Å². The van der Waals surface area contributed by atoms with Crippen LogP contribution in [0.5, 0.6) is 0 Å². The molecule has 0 spiro atoms. The first-order valence-electron chi connectivity index (χ1n) is 5.44. The van der Waals surface area contributed by atoms with Crippen molar-refractivity contribution in [3.63, 3.8) is 0 Å². The van der Waals surface area contributed by atoms with E-state index < -0.39 is 0 Å². The summed E-state index contributed by atoms with van der Waals surface area (Å²) in [6.07, 6.45) is 5.90. The van der Waals surface area contributed by atoms with Crippen LogP contribution < -0.4 is 0 Å². The molecule has 1 fully saturated rings. The van der Waals surface area contributed by atoms with Crippen LogP contribution in [0.4, 0.5) is 0 Å². The van der Waals surface area contributed by atoms with E-state index >= 15 is 0 Å². The number of likely N-dealkylation sites (tertiary alicyclic amines) is 1. The molecule has 0 aliphatic carbocycles. The van der Waals surface area contributed by atoms with Crippen molar-refractivity contribution in [2.75, 3.05) is 24.6 Å². The van der Waals surface area contributed by atoms with Gasteiger partial charge in [0, 0.05) is 37.2 Å². The second-order valence-corrected chi connectivity index (χ2v) is 5.14. The van der Waals surface area contributed by atoms with Crippen LogP contribution in [-0.4, -0.2) is 41.3 Å². The average Bonchev–Trinajstić information content (AvgIpc) is 2.24. The number of hydrogen-bond acceptors (Lipinski definition) is 3. The summed E-state index contributed by atoms with van der Waals surface area (Å²) in [6.45, 7) is 6.15. The lowest BCUT2D eigenvalue weighted by Gasteiger charge is -2.36. The van der Waals surface area contributed by atoms with Crippen LogP contribution in [-0.2, 0) is 4.79 Å². The number of hydrogen-bond donors (Lipinski definition) is 0. The highest BCUT2D eigenvalue weighted by Crippen LogP contribution is 2.20. The van der Waals surface area contributed by atoms with Crippen LogP contribution >= 0.6 is 11.8 Å². The van der Waals surface area contributed by atoms with E-state index in [1.807, 2.05) is 6.92 Å². The van der Waals surface area contributed by atoms with E-state index in [1.54, 1.807) is 11.8 Å². The van der Waals surface area contributed by atoms with Gasteiger partial charge in [-0.25, -0.2) is 0 Å². The standard InChI is InChI=1S/C12H19NOS/c1-4-8-15-9-7-13-6-5-12(14)10(2)11(13)3/h1,10-11H,5-9H2,2-3H3. The second-order valence-electron chi connectivity index (χ2n) is 4.04. The zero-order valence-corrected chi connectivity index (χ0v) is 10.3. The molecule has 1 saturated heterocycles. The molecule has 0 amide bonds. The second kappa shape index (κ2) is 6.19. The minimum atomic E-state index is 0.191. The van der Waals surface area contributed by atoms with Crippen molar-refractivity contribution in [3.8, 4) is 12.3 Å². The Balaban J connectivity index is 2.30. The van der Waals surface area contributed by atoms with Gasteiger partial charge in [-0.1, -0.05) is 12.8 Å². The molecule has 2 unspecified atom stereocenters. The van der Waals surface area contributed by atoms with Crippen molar-refractivity contribution in [2.24, 2.45) is 5.92 Å². The first-order valence-corrected chi connectivity index (χ1v) is 6.60. The summed E-state index contributed by atoms with van der Waals surface area (Å²) >= 11 is 1.79. The molecule has 0 bridgehead atoms. The SMILES string of the molecule is C#CCSCCN1CCC(=O)C(C)C1C. The molecule has 0 aromatic heterocycles. The van der Waals surface area contributed by atoms with Crippen molar-refractivity contribution >= 4 is 17.5 Å². The van der Waals surface area contributed by atoms with Gasteiger partial charge in [0.15, 0.2) is 0 Å². The third-order valence-electron chi connectivity index (χ3n) is 3.16. The van der Waals surface area contributed by atoms with E-state index in [0.29, 0.717) is 18.2 Å². The number of piperidine rings is 1. The van der Waals surface area contributed by atoms with Crippen LogP contribution in [0.1, 0.15) is 20.3 Å². The largest absolute Gasteiger partial charge is 0.299 e. The molecule has 3 heteroatoms. The van der Waals surface area contributed by atoms with Gasteiger partial charge in [0.25, 0.3) is 0 Å². The summed E-state index contributed by atoms with van der Waals surface area (Å²) < 4.78 is 0. The zero-order valence-electron chi connectivity index (χ0n) is 9.53. The Hall–Kier alpha value is -0.460. The fraction of sp³-hybridized carbons (Fsp3) is 0.750. The number of Topliss-reactive ketones (excluding diaryl/α,β-unsaturated/α-hetero) is 1. The maximum atomic E-state index is 11.5. The smallest absolute Gasteiger partial charge is 0.138 e. The number of ketones is 1. The van der Waals surface area contributed by atoms with Crippen LogP contribution in [0.2, 0.25) is 0 Å². The third kappa shape index (κ3) is 3.55. The average molecular weight is 225 g/mol. The van der Waals surface area contributed by atoms with Crippen molar-refractivity contribution in [1.82, 2.24) is 4.90 Å². The zero-order chi connectivity index (χ0) is 11.3. The van der Waals surface area contributed by atoms with Gasteiger partial charge < -0.3 is 0 Å². The van der Waals surface area contributed by atoms with Crippen molar-refractivity contribution in [1.29, 1.82) is 0 Å². The molecule has 84 valence electrons. The Labute approximate surface area is 96.8 Å². The Kier molecular flexibility index (Phi) is 5.21. The normalized spacial score (nSPS) is 27.7. The molecule has 2 nitrogen and oxygen atoms in total. The maximum absolute atomic E-state index is 11.5. The van der Waals surface area contributed by atoms with Crippen molar-refractivity contribution < 1.29 is 4.79 Å². The van der Waals surface area contributed by atoms with Gasteiger partial charge in [0.2, 0.25) is 0 Å². The molecule has 0 saturated carbocycles. The van der Waals surface area contributed by atoms with E-state index in [0.717, 1.165) is 24.6 Å². The molecular weight excluding hydrogens is 206 g/mol. The molecule has 0 aromatic rings. The number of thioether (sulfide) groups is 1. The Bertz CT molecular complexity index is 259. The van der Waals surface area contributed by atoms with E-state index in [2.05, 4.69) is 17.7 Å². The van der Waals surface area contributed by atoms with E-state index in [4.69, 9.17) is 6.42 Å². The molecule has 1 aliphatic rings. The van der Waals surface area contributed by atoms with Gasteiger partial charge >= 0.3 is 0 Å². The number of carbonyl (C=O) groups excluding carboxylic acids is 1. The van der Waals surface area contributed by atoms with E-state index in [-0.39, 0.29) is 5.92 Å². The van der Waals surface area contributed by atoms with Crippen molar-refractivity contribution in [3.05, 3.63) is 0 Å². The molecule has 1 aliphatic heterocycles. The number of carbonyl (C=O) groups is 1. The summed E-state index contributed by atoms with van der Waals surface area (Å²) in [4.78, 5) is 13.9. The van der Waals surface area contributed by atoms with Gasteiger partial charge in [0.05, 0.1) is 5.75 Å². The predicted octanol–water partition coefficient (Wildman–Crippen LogP) is 1.65. The molecule has 15 heavy (non-hydrogen) atoms. The fourth-order valence-corrected chi connectivity index (χ4v) is 2.52. The van der Waals surface area contributed by atoms with Gasteiger partial charge in [-0.15, -0.1) is 18.2 Å². The molecule has 1 heterocycles. The predicted molar refractivity (Wildman–Crippen MR) is 66.0 cm³/mol. The number of nitrogens with zero attached hydrogens (tertiary/aromatic N) is 1. The summed E-state index contributed by atoms with van der Waals surface area (Å²) in [7, 11) is 0. The Morgan fingerprint density at radius 3 is 3.00 bits per heavy atom. The molecule has 2 atom stereocenters. The molecule has 1 rings (SSSR count). The third-order valence-corrected chi connectivity index (χ3v) is 4.00. The Morgan fingerprint density at radius 2 is 2.33 bits per heavy atom. The minimum absolute atomic E-state index is 0.191. The summed E-state index contributed by atoms with van der Waals surface area (Å²) in [6, 6.07) is 0.387. The van der Waals surface area contributed by atoms with E-state index in [9.17, 15) is 4.79 Å². The molecular formula is C12H19NOS. The lowest BCUT2D eigenvalue weighted by atomic mass is 9.91. The number of terminal acetylenes is 1. The maximum Gasteiger partial charge on any atom is 0.138 e. The fourth-order valence-electron chi connectivity index (χ4n) is 1.90. The van der Waals surface area contributed by atoms with E-state index in [1.165, 1.54) is 0 Å². The highest BCUT2D eigenvalue weighted by Gasteiger charge is 2.29. The highest BCUT2D eigenvalue weighted by atomic mass is 32.2. The first-order chi connectivity index (χ1) is 7.16. The van der Waals surface area contributed by atoms with Gasteiger partial charge in [-0.2, -0.15) is 0 Å². The highest BCUT2D eigenvalue weighted by molar-refractivity contribution is 7.99. The quantitative estimate of drug-likeness (QED) is 0.536. The molecule has 0 aromatic carbocycles. The van der Waals surface area contributed by atoms with Gasteiger partial charge in [-0.3, -0.25) is 9.69 Å². The van der Waals surface area contributed by atoms with Crippen LogP contribution in [0, 0.1) is 18.3 Å². The lowest BCUT2D eigenvalue weighted by molar-refractivity contribution is -0.127. The lowest BCUT2D eigenvalue weighted by Crippen LogP contribution is -2.47.